The van der Waals surface area contributed by atoms with Gasteiger partial charge in [-0.1, -0.05) is 26.0 Å². The van der Waals surface area contributed by atoms with Crippen molar-refractivity contribution < 1.29 is 52.3 Å². The van der Waals surface area contributed by atoms with E-state index in [1.807, 2.05) is 18.2 Å². The Bertz CT molecular complexity index is 1770. The second-order valence-corrected chi connectivity index (χ2v) is 17.6. The zero-order valence-electron chi connectivity index (χ0n) is 33.3. The lowest BCUT2D eigenvalue weighted by molar-refractivity contribution is -0.175. The normalized spacial score (nSPS) is 28.4. The highest BCUT2D eigenvalue weighted by Gasteiger charge is 2.60. The molecule has 1 saturated heterocycles. The van der Waals surface area contributed by atoms with Gasteiger partial charge >= 0.3 is 24.1 Å². The highest BCUT2D eigenvalue weighted by molar-refractivity contribution is 5.78. The Labute approximate surface area is 323 Å². The van der Waals surface area contributed by atoms with E-state index in [1.54, 1.807) is 46.3 Å². The Morgan fingerprint density at radius 3 is 2.04 bits per heavy atom. The second-order valence-electron chi connectivity index (χ2n) is 17.6. The number of nitrogens with one attached hydrogen (secondary N) is 2. The molecule has 2 N–H and O–H groups in total. The van der Waals surface area contributed by atoms with Gasteiger partial charge in [0.15, 0.2) is 23.0 Å². The summed E-state index contributed by atoms with van der Waals surface area (Å²) in [5.74, 6) is 0.948. The smallest absolute Gasteiger partial charge is 0.412 e. The Kier molecular flexibility index (Phi) is 11.2. The summed E-state index contributed by atoms with van der Waals surface area (Å²) in [6, 6.07) is 10.8. The first-order valence-electron chi connectivity index (χ1n) is 19.2. The largest absolute Gasteiger partial charge is 0.493 e. The highest BCUT2D eigenvalue weighted by atomic mass is 16.7. The van der Waals surface area contributed by atoms with Crippen LogP contribution in [0.3, 0.4) is 0 Å². The van der Waals surface area contributed by atoms with Crippen molar-refractivity contribution in [3.63, 3.8) is 0 Å². The Morgan fingerprint density at radius 2 is 1.42 bits per heavy atom. The van der Waals surface area contributed by atoms with Gasteiger partial charge in [-0.15, -0.1) is 0 Å². The molecular weight excluding hydrogens is 708 g/mol. The van der Waals surface area contributed by atoms with E-state index in [0.717, 1.165) is 30.4 Å². The first-order chi connectivity index (χ1) is 26.0. The molecule has 4 bridgehead atoms. The van der Waals surface area contributed by atoms with Crippen LogP contribution in [-0.2, 0) is 36.6 Å². The van der Waals surface area contributed by atoms with Crippen LogP contribution in [0, 0.1) is 34.0 Å². The molecule has 55 heavy (non-hydrogen) atoms. The van der Waals surface area contributed by atoms with Gasteiger partial charge in [-0.25, -0.2) is 9.59 Å². The van der Waals surface area contributed by atoms with Gasteiger partial charge in [-0.05, 0) is 117 Å². The number of benzene rings is 2. The van der Waals surface area contributed by atoms with Gasteiger partial charge in [0.1, 0.15) is 0 Å². The molecular formula is C42H56N2O11. The third-order valence-corrected chi connectivity index (χ3v) is 11.9. The summed E-state index contributed by atoms with van der Waals surface area (Å²) in [6.45, 7) is 9.58. The number of carbonyl (C=O) groups excluding carboxylic acids is 4. The highest BCUT2D eigenvalue weighted by Crippen LogP contribution is 2.66. The molecule has 13 heteroatoms. The molecule has 5 fully saturated rings. The van der Waals surface area contributed by atoms with Crippen molar-refractivity contribution in [2.45, 2.75) is 97.8 Å². The molecule has 5 atom stereocenters. The predicted molar refractivity (Wildman–Crippen MR) is 201 cm³/mol. The lowest BCUT2D eigenvalue weighted by Crippen LogP contribution is -2.65. The maximum absolute atomic E-state index is 13.1. The van der Waals surface area contributed by atoms with Gasteiger partial charge in [0, 0.05) is 24.9 Å². The number of carbonyl (C=O) groups is 4. The first-order valence-corrected chi connectivity index (χ1v) is 19.2. The lowest BCUT2D eigenvalue weighted by Gasteiger charge is -2.65. The fourth-order valence-corrected chi connectivity index (χ4v) is 10.4. The van der Waals surface area contributed by atoms with Gasteiger partial charge < -0.3 is 43.8 Å². The van der Waals surface area contributed by atoms with Crippen molar-refractivity contribution in [1.82, 2.24) is 10.6 Å². The number of rotatable bonds is 14. The number of hydrogen-bond acceptors (Lipinski definition) is 11. The molecule has 0 radical (unpaired) electrons. The SMILES string of the molecule is COc1ccc(C[C@H]2COC(=O)[C@@H]2Cc2ccc(OC(=O)NCC(C)(C)C(=O)OC(C)OC(=O)NC34CC5CC(C)(CC(C)(C5)C3)C4)c(OC)c2)cc1OC. The van der Waals surface area contributed by atoms with Crippen LogP contribution in [0.4, 0.5) is 9.59 Å². The van der Waals surface area contributed by atoms with E-state index in [1.165, 1.54) is 33.3 Å². The number of amides is 2. The molecule has 1 heterocycles. The van der Waals surface area contributed by atoms with Crippen molar-refractivity contribution in [3.05, 3.63) is 47.5 Å². The van der Waals surface area contributed by atoms with Gasteiger partial charge in [0.05, 0.1) is 39.3 Å². The molecule has 2 aromatic rings. The average Bonchev–Trinajstić information content (AvgIpc) is 3.43. The number of ether oxygens (including phenoxy) is 7. The van der Waals surface area contributed by atoms with E-state index >= 15 is 0 Å². The summed E-state index contributed by atoms with van der Waals surface area (Å²) >= 11 is 0. The molecule has 7 rings (SSSR count). The van der Waals surface area contributed by atoms with Crippen molar-refractivity contribution in [2.24, 2.45) is 34.0 Å². The third-order valence-electron chi connectivity index (χ3n) is 11.9. The van der Waals surface area contributed by atoms with Crippen LogP contribution in [0.15, 0.2) is 36.4 Å². The van der Waals surface area contributed by atoms with Crippen LogP contribution in [0.2, 0.25) is 0 Å². The molecule has 4 aliphatic carbocycles. The number of hydrogen-bond donors (Lipinski definition) is 2. The maximum Gasteiger partial charge on any atom is 0.412 e. The molecule has 13 nitrogen and oxygen atoms in total. The van der Waals surface area contributed by atoms with Gasteiger partial charge in [0.25, 0.3) is 0 Å². The Balaban J connectivity index is 0.976. The van der Waals surface area contributed by atoms with Gasteiger partial charge in [-0.2, -0.15) is 0 Å². The molecule has 300 valence electrons. The molecule has 1 aliphatic heterocycles. The van der Waals surface area contributed by atoms with Crippen LogP contribution in [-0.4, -0.2) is 70.4 Å². The minimum atomic E-state index is -1.17. The first kappa shape index (κ1) is 40.0. The van der Waals surface area contributed by atoms with Crippen molar-refractivity contribution >= 4 is 24.1 Å². The topological polar surface area (TPSA) is 157 Å². The Hall–Kier alpha value is -4.68. The molecule has 3 unspecified atom stereocenters. The van der Waals surface area contributed by atoms with E-state index in [9.17, 15) is 19.2 Å². The monoisotopic (exact) mass is 764 g/mol. The van der Waals surface area contributed by atoms with Gasteiger partial charge in [-0.3, -0.25) is 9.59 Å². The van der Waals surface area contributed by atoms with Crippen LogP contribution in [0.25, 0.3) is 0 Å². The summed E-state index contributed by atoms with van der Waals surface area (Å²) in [7, 11) is 4.62. The van der Waals surface area contributed by atoms with Crippen LogP contribution < -0.4 is 29.6 Å². The number of methoxy groups -OCH3 is 3. The zero-order valence-corrected chi connectivity index (χ0v) is 33.3. The minimum absolute atomic E-state index is 0.0566. The summed E-state index contributed by atoms with van der Waals surface area (Å²) < 4.78 is 38.3. The van der Waals surface area contributed by atoms with E-state index in [2.05, 4.69) is 24.5 Å². The summed E-state index contributed by atoms with van der Waals surface area (Å²) in [4.78, 5) is 51.8. The Morgan fingerprint density at radius 1 is 0.818 bits per heavy atom. The average molecular weight is 765 g/mol. The molecule has 4 saturated carbocycles. The summed E-state index contributed by atoms with van der Waals surface area (Å²) in [5, 5.41) is 5.78. The third kappa shape index (κ3) is 9.07. The number of alkyl carbamates (subject to hydrolysis) is 1. The van der Waals surface area contributed by atoms with E-state index < -0.39 is 29.9 Å². The molecule has 2 aromatic carbocycles. The van der Waals surface area contributed by atoms with Crippen molar-refractivity contribution in [1.29, 1.82) is 0 Å². The predicted octanol–water partition coefficient (Wildman–Crippen LogP) is 6.77. The van der Waals surface area contributed by atoms with Crippen molar-refractivity contribution in [2.75, 3.05) is 34.5 Å². The van der Waals surface area contributed by atoms with Crippen molar-refractivity contribution in [3.8, 4) is 23.0 Å². The minimum Gasteiger partial charge on any atom is -0.493 e. The number of cyclic esters (lactones) is 1. The fraction of sp³-hybridized carbons (Fsp3) is 0.619. The fourth-order valence-electron chi connectivity index (χ4n) is 10.4. The van der Waals surface area contributed by atoms with E-state index in [0.29, 0.717) is 42.6 Å². The number of esters is 2. The lowest BCUT2D eigenvalue weighted by atomic mass is 9.43. The summed E-state index contributed by atoms with van der Waals surface area (Å²) in [5.41, 5.74) is 0.777. The zero-order chi connectivity index (χ0) is 39.8. The van der Waals surface area contributed by atoms with Crippen LogP contribution in [0.5, 0.6) is 23.0 Å². The molecule has 0 aromatic heterocycles. The van der Waals surface area contributed by atoms with Crippen LogP contribution >= 0.6 is 0 Å². The van der Waals surface area contributed by atoms with E-state index in [-0.39, 0.29) is 46.5 Å². The molecule has 5 aliphatic rings. The van der Waals surface area contributed by atoms with Gasteiger partial charge in [0.2, 0.25) is 6.29 Å². The van der Waals surface area contributed by atoms with E-state index in [4.69, 9.17) is 33.2 Å². The maximum atomic E-state index is 13.1. The standard InChI is InChI=1S/C42H56N2O11/c1-25(54-38(48)44-42-19-28-17-40(4,22-42)21-41(5,18-28)23-42)53-36(46)39(2,3)24-43-37(47)55-32-12-10-27(16-34(32)51-8)14-30-29(20-52-35(30)45)13-26-9-11-31(49-6)33(15-26)50-7/h9-12,15-16,25,28-30H,13-14,17-24H2,1-8H3,(H,43,47)(H,44,48)/t25?,28?,29-,30+,40?,41?,42?/m0/s1. The quantitative estimate of drug-likeness (QED) is 0.155. The molecule has 0 spiro atoms. The van der Waals surface area contributed by atoms with Crippen LogP contribution in [0.1, 0.15) is 84.3 Å². The second kappa shape index (κ2) is 15.5. The molecule has 2 amide bonds. The summed E-state index contributed by atoms with van der Waals surface area (Å²) in [6.07, 6.45) is 4.89.